The van der Waals surface area contributed by atoms with Crippen molar-refractivity contribution in [1.29, 1.82) is 0 Å². The van der Waals surface area contributed by atoms with E-state index in [0.29, 0.717) is 11.1 Å². The third-order valence-electron chi connectivity index (χ3n) is 2.75. The molecule has 0 aromatic heterocycles. The van der Waals surface area contributed by atoms with Crippen molar-refractivity contribution in [1.82, 2.24) is 0 Å². The first-order chi connectivity index (χ1) is 6.74. The van der Waals surface area contributed by atoms with Gasteiger partial charge in [-0.25, -0.2) is 0 Å². The summed E-state index contributed by atoms with van der Waals surface area (Å²) in [7, 11) is 1.42. The molecule has 2 rings (SSSR count). The summed E-state index contributed by atoms with van der Waals surface area (Å²) in [6.07, 6.45) is 4.78. The number of Topliss-reactive ketones (excluding diaryl/α,β-unsaturated/α-hetero) is 1. The standard InChI is InChI=1S/C11H12O3/c1-14-10-6-9(12)7-4-2-3-5-8(7)11(10)13/h6H,2-5H2,1H3. The first-order valence-corrected chi connectivity index (χ1v) is 4.81. The number of hydrogen-bond acceptors (Lipinski definition) is 3. The van der Waals surface area contributed by atoms with E-state index < -0.39 is 0 Å². The van der Waals surface area contributed by atoms with Gasteiger partial charge in [-0.1, -0.05) is 0 Å². The van der Waals surface area contributed by atoms with Crippen LogP contribution in [0.1, 0.15) is 25.7 Å². The highest BCUT2D eigenvalue weighted by Gasteiger charge is 2.30. The molecule has 0 aromatic rings. The first kappa shape index (κ1) is 9.19. The zero-order valence-electron chi connectivity index (χ0n) is 8.13. The van der Waals surface area contributed by atoms with Crippen LogP contribution in [0.25, 0.3) is 0 Å². The maximum absolute atomic E-state index is 11.7. The maximum Gasteiger partial charge on any atom is 0.224 e. The Kier molecular flexibility index (Phi) is 2.23. The largest absolute Gasteiger partial charge is 0.493 e. The molecule has 0 atom stereocenters. The molecule has 0 spiro atoms. The Bertz CT molecular complexity index is 361. The van der Waals surface area contributed by atoms with Crippen LogP contribution in [0.4, 0.5) is 0 Å². The van der Waals surface area contributed by atoms with Gasteiger partial charge < -0.3 is 4.74 Å². The molecule has 2 aliphatic carbocycles. The van der Waals surface area contributed by atoms with Gasteiger partial charge in [-0.05, 0) is 25.7 Å². The lowest BCUT2D eigenvalue weighted by Gasteiger charge is -2.21. The van der Waals surface area contributed by atoms with E-state index in [1.807, 2.05) is 0 Å². The van der Waals surface area contributed by atoms with Crippen LogP contribution in [-0.4, -0.2) is 18.7 Å². The molecular formula is C11H12O3. The van der Waals surface area contributed by atoms with E-state index in [4.69, 9.17) is 4.74 Å². The number of methoxy groups -OCH3 is 1. The van der Waals surface area contributed by atoms with Crippen LogP contribution in [-0.2, 0) is 14.3 Å². The molecule has 0 bridgehead atoms. The van der Waals surface area contributed by atoms with E-state index in [9.17, 15) is 9.59 Å². The summed E-state index contributed by atoms with van der Waals surface area (Å²) >= 11 is 0. The van der Waals surface area contributed by atoms with Crippen LogP contribution < -0.4 is 0 Å². The summed E-state index contributed by atoms with van der Waals surface area (Å²) in [5.41, 5.74) is 1.39. The topological polar surface area (TPSA) is 43.4 Å². The quantitative estimate of drug-likeness (QED) is 0.592. The number of allylic oxidation sites excluding steroid dienone is 3. The fraction of sp³-hybridized carbons (Fsp3) is 0.455. The molecule has 3 nitrogen and oxygen atoms in total. The van der Waals surface area contributed by atoms with Gasteiger partial charge in [0.1, 0.15) is 0 Å². The second-order valence-electron chi connectivity index (χ2n) is 3.57. The highest BCUT2D eigenvalue weighted by Crippen LogP contribution is 2.31. The molecule has 0 fully saturated rings. The highest BCUT2D eigenvalue weighted by molar-refractivity contribution is 6.22. The molecule has 0 saturated carbocycles. The lowest BCUT2D eigenvalue weighted by atomic mass is 9.83. The SMILES string of the molecule is COC1=CC(=O)C2=C(CCCC2)C1=O. The summed E-state index contributed by atoms with van der Waals surface area (Å²) in [6.45, 7) is 0. The van der Waals surface area contributed by atoms with E-state index in [0.717, 1.165) is 25.7 Å². The molecule has 0 radical (unpaired) electrons. The van der Waals surface area contributed by atoms with E-state index in [1.165, 1.54) is 13.2 Å². The summed E-state index contributed by atoms with van der Waals surface area (Å²) in [6, 6.07) is 0. The Morgan fingerprint density at radius 2 is 1.79 bits per heavy atom. The average Bonchev–Trinajstić information content (AvgIpc) is 2.23. The van der Waals surface area contributed by atoms with Crippen molar-refractivity contribution in [2.24, 2.45) is 0 Å². The van der Waals surface area contributed by atoms with E-state index >= 15 is 0 Å². The van der Waals surface area contributed by atoms with Crippen LogP contribution in [0.15, 0.2) is 23.0 Å². The van der Waals surface area contributed by atoms with E-state index in [2.05, 4.69) is 0 Å². The van der Waals surface area contributed by atoms with E-state index in [-0.39, 0.29) is 17.3 Å². The molecule has 0 saturated heterocycles. The fourth-order valence-corrected chi connectivity index (χ4v) is 2.00. The van der Waals surface area contributed by atoms with Crippen molar-refractivity contribution in [2.45, 2.75) is 25.7 Å². The lowest BCUT2D eigenvalue weighted by molar-refractivity contribution is -0.118. The molecule has 0 N–H and O–H groups in total. The molecule has 0 amide bonds. The summed E-state index contributed by atoms with van der Waals surface area (Å²) in [5.74, 6) is 0.0496. The third-order valence-corrected chi connectivity index (χ3v) is 2.75. The van der Waals surface area contributed by atoms with Crippen LogP contribution in [0.3, 0.4) is 0 Å². The van der Waals surface area contributed by atoms with Gasteiger partial charge in [0.15, 0.2) is 11.5 Å². The zero-order valence-corrected chi connectivity index (χ0v) is 8.13. The third kappa shape index (κ3) is 1.29. The van der Waals surface area contributed by atoms with Gasteiger partial charge in [0.25, 0.3) is 0 Å². The summed E-state index contributed by atoms with van der Waals surface area (Å²) < 4.78 is 4.88. The number of ketones is 2. The molecule has 0 aliphatic heterocycles. The zero-order chi connectivity index (χ0) is 10.1. The van der Waals surface area contributed by atoms with Crippen molar-refractivity contribution in [2.75, 3.05) is 7.11 Å². The summed E-state index contributed by atoms with van der Waals surface area (Å²) in [5, 5.41) is 0. The summed E-state index contributed by atoms with van der Waals surface area (Å²) in [4.78, 5) is 23.3. The molecular weight excluding hydrogens is 180 g/mol. The van der Waals surface area contributed by atoms with Gasteiger partial charge in [0, 0.05) is 17.2 Å². The van der Waals surface area contributed by atoms with Crippen molar-refractivity contribution >= 4 is 11.6 Å². The number of rotatable bonds is 1. The average molecular weight is 192 g/mol. The smallest absolute Gasteiger partial charge is 0.224 e. The van der Waals surface area contributed by atoms with Crippen LogP contribution in [0.2, 0.25) is 0 Å². The van der Waals surface area contributed by atoms with Crippen LogP contribution in [0.5, 0.6) is 0 Å². The second kappa shape index (κ2) is 3.40. The van der Waals surface area contributed by atoms with Crippen molar-refractivity contribution < 1.29 is 14.3 Å². The molecule has 3 heteroatoms. The Morgan fingerprint density at radius 3 is 2.43 bits per heavy atom. The Morgan fingerprint density at radius 1 is 1.14 bits per heavy atom. The van der Waals surface area contributed by atoms with Gasteiger partial charge in [-0.2, -0.15) is 0 Å². The van der Waals surface area contributed by atoms with E-state index in [1.54, 1.807) is 0 Å². The molecule has 14 heavy (non-hydrogen) atoms. The first-order valence-electron chi connectivity index (χ1n) is 4.81. The van der Waals surface area contributed by atoms with Gasteiger partial charge in [-0.3, -0.25) is 9.59 Å². The Labute approximate surface area is 82.4 Å². The van der Waals surface area contributed by atoms with Crippen LogP contribution in [0, 0.1) is 0 Å². The predicted octanol–water partition coefficient (Wildman–Crippen LogP) is 1.54. The predicted molar refractivity (Wildman–Crippen MR) is 50.6 cm³/mol. The monoisotopic (exact) mass is 192 g/mol. The van der Waals surface area contributed by atoms with Gasteiger partial charge in [0.2, 0.25) is 5.78 Å². The van der Waals surface area contributed by atoms with Crippen molar-refractivity contribution in [3.05, 3.63) is 23.0 Å². The number of carbonyl (C=O) groups is 2. The Hall–Kier alpha value is -1.38. The molecule has 0 unspecified atom stereocenters. The number of carbonyl (C=O) groups excluding carboxylic acids is 2. The molecule has 74 valence electrons. The van der Waals surface area contributed by atoms with Crippen molar-refractivity contribution in [3.8, 4) is 0 Å². The van der Waals surface area contributed by atoms with Gasteiger partial charge in [0.05, 0.1) is 7.11 Å². The van der Waals surface area contributed by atoms with Gasteiger partial charge in [-0.15, -0.1) is 0 Å². The maximum atomic E-state index is 11.7. The minimum atomic E-state index is -0.0956. The molecule has 0 aromatic carbocycles. The Balaban J connectivity index is 2.41. The molecule has 0 heterocycles. The normalized spacial score (nSPS) is 21.9. The van der Waals surface area contributed by atoms with Crippen molar-refractivity contribution in [3.63, 3.8) is 0 Å². The number of hydrogen-bond donors (Lipinski definition) is 0. The highest BCUT2D eigenvalue weighted by atomic mass is 16.5. The minimum Gasteiger partial charge on any atom is -0.493 e. The minimum absolute atomic E-state index is 0.0452. The number of ether oxygens (including phenoxy) is 1. The lowest BCUT2D eigenvalue weighted by Crippen LogP contribution is -2.22. The molecule has 2 aliphatic rings. The fourth-order valence-electron chi connectivity index (χ4n) is 2.00. The van der Waals surface area contributed by atoms with Crippen LogP contribution >= 0.6 is 0 Å². The van der Waals surface area contributed by atoms with Gasteiger partial charge >= 0.3 is 0 Å². The second-order valence-corrected chi connectivity index (χ2v) is 3.57.